The van der Waals surface area contributed by atoms with Crippen molar-refractivity contribution in [1.82, 2.24) is 4.98 Å². The van der Waals surface area contributed by atoms with Crippen molar-refractivity contribution in [3.8, 4) is 5.75 Å². The van der Waals surface area contributed by atoms with Crippen LogP contribution >= 0.6 is 0 Å². The highest BCUT2D eigenvalue weighted by atomic mass is 16.5. The van der Waals surface area contributed by atoms with Crippen LogP contribution in [0.1, 0.15) is 12.0 Å². The molecule has 104 valence electrons. The van der Waals surface area contributed by atoms with Gasteiger partial charge in [-0.25, -0.2) is 4.98 Å². The predicted octanol–water partition coefficient (Wildman–Crippen LogP) is 2.38. The monoisotopic (exact) mass is 271 g/mol. The van der Waals surface area contributed by atoms with Gasteiger partial charge in [-0.1, -0.05) is 18.2 Å². The first-order valence-electron chi connectivity index (χ1n) is 6.35. The minimum atomic E-state index is -0.138. The summed E-state index contributed by atoms with van der Waals surface area (Å²) in [4.78, 5) is 15.9. The smallest absolute Gasteiger partial charge is 0.228 e. The average Bonchev–Trinajstić information content (AvgIpc) is 2.43. The number of hydrogen-bond donors (Lipinski definition) is 2. The molecule has 0 aliphatic rings. The number of rotatable bonds is 5. The Morgan fingerprint density at radius 2 is 2.10 bits per heavy atom. The van der Waals surface area contributed by atoms with E-state index in [2.05, 4.69) is 10.3 Å². The van der Waals surface area contributed by atoms with Crippen molar-refractivity contribution in [1.29, 1.82) is 0 Å². The average molecular weight is 271 g/mol. The molecule has 0 unspecified atom stereocenters. The zero-order valence-electron chi connectivity index (χ0n) is 11.3. The van der Waals surface area contributed by atoms with E-state index in [1.54, 1.807) is 18.3 Å². The zero-order valence-corrected chi connectivity index (χ0v) is 11.3. The number of nitrogens with zero attached hydrogens (tertiary/aromatic N) is 1. The number of nitrogens with one attached hydrogen (secondary N) is 1. The number of amides is 1. The van der Waals surface area contributed by atoms with Crippen molar-refractivity contribution >= 4 is 17.4 Å². The third-order valence-electron chi connectivity index (χ3n) is 2.77. The quantitative estimate of drug-likeness (QED) is 0.818. The van der Waals surface area contributed by atoms with E-state index in [1.807, 2.05) is 31.2 Å². The molecule has 1 aromatic heterocycles. The number of ether oxygens (including phenoxy) is 1. The van der Waals surface area contributed by atoms with Crippen molar-refractivity contribution in [2.24, 2.45) is 0 Å². The third kappa shape index (κ3) is 3.71. The Morgan fingerprint density at radius 1 is 1.30 bits per heavy atom. The minimum absolute atomic E-state index is 0.138. The Bertz CT molecular complexity index is 599. The van der Waals surface area contributed by atoms with Gasteiger partial charge in [-0.2, -0.15) is 0 Å². The van der Waals surface area contributed by atoms with Gasteiger partial charge in [0.05, 0.1) is 18.7 Å². The van der Waals surface area contributed by atoms with E-state index in [9.17, 15) is 4.79 Å². The van der Waals surface area contributed by atoms with Crippen LogP contribution in [0.3, 0.4) is 0 Å². The summed E-state index contributed by atoms with van der Waals surface area (Å²) in [6, 6.07) is 10.9. The molecule has 2 aromatic rings. The van der Waals surface area contributed by atoms with Crippen molar-refractivity contribution in [3.05, 3.63) is 48.2 Å². The third-order valence-corrected chi connectivity index (χ3v) is 2.77. The van der Waals surface area contributed by atoms with Gasteiger partial charge in [0.15, 0.2) is 0 Å². The molecule has 0 spiro atoms. The number of carbonyl (C=O) groups excluding carboxylic acids is 1. The van der Waals surface area contributed by atoms with Crippen LogP contribution in [-0.4, -0.2) is 17.5 Å². The molecular weight excluding hydrogens is 254 g/mol. The first-order chi connectivity index (χ1) is 9.66. The largest absolute Gasteiger partial charge is 0.491 e. The molecule has 1 heterocycles. The van der Waals surface area contributed by atoms with Gasteiger partial charge in [0.2, 0.25) is 5.91 Å². The van der Waals surface area contributed by atoms with Gasteiger partial charge < -0.3 is 15.8 Å². The molecule has 2 rings (SSSR count). The fourth-order valence-electron chi connectivity index (χ4n) is 1.68. The molecule has 5 nitrogen and oxygen atoms in total. The van der Waals surface area contributed by atoms with E-state index in [0.717, 1.165) is 5.56 Å². The van der Waals surface area contributed by atoms with Gasteiger partial charge in [-0.05, 0) is 30.7 Å². The zero-order chi connectivity index (χ0) is 14.4. The molecule has 0 atom stereocenters. The number of aryl methyl sites for hydroxylation is 1. The molecule has 0 radical (unpaired) electrons. The van der Waals surface area contributed by atoms with Gasteiger partial charge in [0.1, 0.15) is 11.6 Å². The number of nitrogens with two attached hydrogens (primary N) is 1. The molecule has 5 heteroatoms. The van der Waals surface area contributed by atoms with E-state index in [4.69, 9.17) is 10.5 Å². The highest BCUT2D eigenvalue weighted by molar-refractivity contribution is 5.90. The summed E-state index contributed by atoms with van der Waals surface area (Å²) < 4.78 is 5.47. The first kappa shape index (κ1) is 13.9. The molecule has 0 aliphatic carbocycles. The molecule has 20 heavy (non-hydrogen) atoms. The molecule has 0 bridgehead atoms. The molecule has 1 amide bonds. The lowest BCUT2D eigenvalue weighted by atomic mass is 10.3. The number of benzene rings is 1. The van der Waals surface area contributed by atoms with Gasteiger partial charge in [-0.3, -0.25) is 4.79 Å². The second-order valence-electron chi connectivity index (χ2n) is 4.35. The summed E-state index contributed by atoms with van der Waals surface area (Å²) in [5.74, 6) is 1.03. The van der Waals surface area contributed by atoms with Crippen molar-refractivity contribution < 1.29 is 9.53 Å². The van der Waals surface area contributed by atoms with Gasteiger partial charge in [0.25, 0.3) is 0 Å². The lowest BCUT2D eigenvalue weighted by molar-refractivity contribution is -0.116. The Balaban J connectivity index is 1.82. The van der Waals surface area contributed by atoms with Crippen molar-refractivity contribution in [2.75, 3.05) is 17.7 Å². The molecule has 1 aromatic carbocycles. The van der Waals surface area contributed by atoms with E-state index >= 15 is 0 Å². The highest BCUT2D eigenvalue weighted by Gasteiger charge is 2.06. The minimum Gasteiger partial charge on any atom is -0.491 e. The normalized spacial score (nSPS) is 10.1. The molecular formula is C15H17N3O2. The van der Waals surface area contributed by atoms with Crippen LogP contribution in [0.4, 0.5) is 11.5 Å². The van der Waals surface area contributed by atoms with E-state index in [0.29, 0.717) is 17.3 Å². The highest BCUT2D eigenvalue weighted by Crippen LogP contribution is 2.19. The summed E-state index contributed by atoms with van der Waals surface area (Å²) in [5, 5.41) is 2.75. The number of aromatic nitrogens is 1. The van der Waals surface area contributed by atoms with E-state index in [1.165, 1.54) is 0 Å². The Labute approximate surface area is 117 Å². The summed E-state index contributed by atoms with van der Waals surface area (Å²) in [7, 11) is 0. The lowest BCUT2D eigenvalue weighted by Gasteiger charge is -2.09. The molecule has 3 N–H and O–H groups in total. The van der Waals surface area contributed by atoms with Crippen LogP contribution in [0, 0.1) is 6.92 Å². The second kappa shape index (κ2) is 6.56. The summed E-state index contributed by atoms with van der Waals surface area (Å²) in [6.45, 7) is 2.16. The van der Waals surface area contributed by atoms with Crippen LogP contribution < -0.4 is 15.8 Å². The number of pyridine rings is 1. The maximum absolute atomic E-state index is 11.8. The van der Waals surface area contributed by atoms with Crippen molar-refractivity contribution in [3.63, 3.8) is 0 Å². The molecule has 0 saturated carbocycles. The number of nitrogen functional groups attached to an aromatic ring is 1. The molecule has 0 fully saturated rings. The number of para-hydroxylation sites is 2. The van der Waals surface area contributed by atoms with Crippen LogP contribution in [0.5, 0.6) is 5.75 Å². The van der Waals surface area contributed by atoms with E-state index < -0.39 is 0 Å². The van der Waals surface area contributed by atoms with Crippen LogP contribution in [0.25, 0.3) is 0 Å². The maximum atomic E-state index is 11.8. The lowest BCUT2D eigenvalue weighted by Crippen LogP contribution is -2.16. The van der Waals surface area contributed by atoms with Gasteiger partial charge in [0, 0.05) is 6.20 Å². The number of anilines is 2. The van der Waals surface area contributed by atoms with E-state index in [-0.39, 0.29) is 18.9 Å². The van der Waals surface area contributed by atoms with Crippen LogP contribution in [-0.2, 0) is 4.79 Å². The molecule has 0 saturated heterocycles. The fraction of sp³-hybridized carbons (Fsp3) is 0.200. The number of carbonyl (C=O) groups is 1. The number of hydrogen-bond acceptors (Lipinski definition) is 4. The Kier molecular flexibility index (Phi) is 4.55. The topological polar surface area (TPSA) is 77.2 Å². The summed E-state index contributed by atoms with van der Waals surface area (Å²) in [5.41, 5.74) is 7.23. The van der Waals surface area contributed by atoms with Crippen molar-refractivity contribution in [2.45, 2.75) is 13.3 Å². The van der Waals surface area contributed by atoms with Gasteiger partial charge >= 0.3 is 0 Å². The molecule has 0 aliphatic heterocycles. The van der Waals surface area contributed by atoms with Crippen LogP contribution in [0.2, 0.25) is 0 Å². The standard InChI is InChI=1S/C15H17N3O2/c1-11-5-4-9-17-15(11)18-14(19)8-10-20-13-7-3-2-6-12(13)16/h2-7,9H,8,10,16H2,1H3,(H,17,18,19). The maximum Gasteiger partial charge on any atom is 0.228 e. The first-order valence-corrected chi connectivity index (χ1v) is 6.35. The Morgan fingerprint density at radius 3 is 2.85 bits per heavy atom. The Hall–Kier alpha value is -2.56. The summed E-state index contributed by atoms with van der Waals surface area (Å²) in [6.07, 6.45) is 1.88. The summed E-state index contributed by atoms with van der Waals surface area (Å²) >= 11 is 0. The van der Waals surface area contributed by atoms with Crippen LogP contribution in [0.15, 0.2) is 42.6 Å². The SMILES string of the molecule is Cc1cccnc1NC(=O)CCOc1ccccc1N. The fourth-order valence-corrected chi connectivity index (χ4v) is 1.68. The predicted molar refractivity (Wildman–Crippen MR) is 78.6 cm³/mol. The van der Waals surface area contributed by atoms with Gasteiger partial charge in [-0.15, -0.1) is 0 Å². The second-order valence-corrected chi connectivity index (χ2v) is 4.35.